The van der Waals surface area contributed by atoms with Crippen LogP contribution in [0.25, 0.3) is 16.9 Å². The molecule has 11 heteroatoms. The summed E-state index contributed by atoms with van der Waals surface area (Å²) in [6.07, 6.45) is 1.61. The van der Waals surface area contributed by atoms with E-state index >= 15 is 0 Å². The molecular weight excluding hydrogens is 491 g/mol. The highest BCUT2D eigenvalue weighted by Gasteiger charge is 2.21. The van der Waals surface area contributed by atoms with Crippen molar-refractivity contribution < 1.29 is 14.4 Å². The Morgan fingerprint density at radius 1 is 0.914 bits per heavy atom. The number of nitrogens with one attached hydrogen (secondary N) is 2. The Bertz CT molecular complexity index is 1410. The van der Waals surface area contributed by atoms with Gasteiger partial charge in [-0.05, 0) is 36.4 Å². The molecule has 35 heavy (non-hydrogen) atoms. The molecule has 0 saturated carbocycles. The van der Waals surface area contributed by atoms with Crippen LogP contribution in [-0.4, -0.2) is 39.0 Å². The van der Waals surface area contributed by atoms with Crippen molar-refractivity contribution in [3.8, 4) is 16.9 Å². The van der Waals surface area contributed by atoms with E-state index in [1.165, 1.54) is 16.8 Å². The average molecular weight is 509 g/mol. The van der Waals surface area contributed by atoms with Crippen LogP contribution in [0.5, 0.6) is 0 Å². The number of benzene rings is 2. The maximum atomic E-state index is 13.2. The molecule has 0 radical (unpaired) electrons. The monoisotopic (exact) mass is 508 g/mol. The fraction of sp³-hybridized carbons (Fsp3) is 0.0417. The highest BCUT2D eigenvalue weighted by molar-refractivity contribution is 6.38. The van der Waals surface area contributed by atoms with Gasteiger partial charge < -0.3 is 16.4 Å². The quantitative estimate of drug-likeness (QED) is 0.350. The molecule has 0 aliphatic heterocycles. The van der Waals surface area contributed by atoms with Crippen molar-refractivity contribution in [2.24, 2.45) is 5.73 Å². The lowest BCUT2D eigenvalue weighted by Gasteiger charge is -2.12. The van der Waals surface area contributed by atoms with Crippen LogP contribution >= 0.6 is 23.2 Å². The van der Waals surface area contributed by atoms with E-state index in [-0.39, 0.29) is 28.6 Å². The van der Waals surface area contributed by atoms with Gasteiger partial charge in [0.25, 0.3) is 11.8 Å². The van der Waals surface area contributed by atoms with Gasteiger partial charge in [-0.15, -0.1) is 0 Å². The minimum absolute atomic E-state index is 0.0261. The summed E-state index contributed by atoms with van der Waals surface area (Å²) in [4.78, 5) is 41.0. The summed E-state index contributed by atoms with van der Waals surface area (Å²) >= 11 is 12.7. The van der Waals surface area contributed by atoms with Gasteiger partial charge >= 0.3 is 0 Å². The molecule has 2 aromatic heterocycles. The fourth-order valence-electron chi connectivity index (χ4n) is 3.23. The number of carbonyl (C=O) groups excluding carboxylic acids is 3. The second kappa shape index (κ2) is 10.4. The summed E-state index contributed by atoms with van der Waals surface area (Å²) in [5.74, 6) is -1.67. The van der Waals surface area contributed by atoms with Gasteiger partial charge in [0.1, 0.15) is 5.82 Å². The fourth-order valence-corrected chi connectivity index (χ4v) is 3.80. The van der Waals surface area contributed by atoms with Gasteiger partial charge in [0.2, 0.25) is 5.91 Å². The third-order valence-electron chi connectivity index (χ3n) is 4.85. The highest BCUT2D eigenvalue weighted by Crippen LogP contribution is 2.32. The summed E-state index contributed by atoms with van der Waals surface area (Å²) in [7, 11) is 0. The average Bonchev–Trinajstić information content (AvgIpc) is 3.27. The molecule has 0 saturated heterocycles. The Labute approximate surface area is 209 Å². The van der Waals surface area contributed by atoms with Gasteiger partial charge in [-0.25, -0.2) is 4.68 Å². The number of carbonyl (C=O) groups is 3. The molecule has 2 aromatic carbocycles. The van der Waals surface area contributed by atoms with Crippen molar-refractivity contribution >= 4 is 46.7 Å². The number of nitrogens with two attached hydrogens (primary N) is 1. The van der Waals surface area contributed by atoms with Crippen LogP contribution in [0.3, 0.4) is 0 Å². The van der Waals surface area contributed by atoms with Crippen LogP contribution in [-0.2, 0) is 4.79 Å². The first kappa shape index (κ1) is 23.9. The molecular formula is C24H18Cl2N6O3. The summed E-state index contributed by atoms with van der Waals surface area (Å²) in [6.45, 7) is -0.352. The van der Waals surface area contributed by atoms with E-state index in [9.17, 15) is 14.4 Å². The van der Waals surface area contributed by atoms with Crippen LogP contribution in [0, 0.1) is 0 Å². The smallest absolute Gasteiger partial charge is 0.272 e. The van der Waals surface area contributed by atoms with Gasteiger partial charge in [-0.2, -0.15) is 5.10 Å². The second-order valence-corrected chi connectivity index (χ2v) is 8.11. The van der Waals surface area contributed by atoms with Crippen molar-refractivity contribution in [1.29, 1.82) is 0 Å². The minimum Gasteiger partial charge on any atom is -0.368 e. The van der Waals surface area contributed by atoms with Gasteiger partial charge in [0, 0.05) is 17.8 Å². The number of hydrogen-bond acceptors (Lipinski definition) is 5. The number of amides is 3. The number of aromatic nitrogens is 3. The molecule has 2 heterocycles. The predicted molar refractivity (Wildman–Crippen MR) is 133 cm³/mol. The first-order valence-corrected chi connectivity index (χ1v) is 11.0. The van der Waals surface area contributed by atoms with Crippen molar-refractivity contribution in [3.63, 3.8) is 0 Å². The van der Waals surface area contributed by atoms with E-state index in [0.29, 0.717) is 22.0 Å². The number of anilines is 1. The molecule has 0 spiro atoms. The Morgan fingerprint density at radius 3 is 2.34 bits per heavy atom. The zero-order valence-electron chi connectivity index (χ0n) is 18.0. The molecule has 4 rings (SSSR count). The predicted octanol–water partition coefficient (Wildman–Crippen LogP) is 3.71. The second-order valence-electron chi connectivity index (χ2n) is 7.29. The van der Waals surface area contributed by atoms with Crippen molar-refractivity contribution in [3.05, 3.63) is 94.2 Å². The summed E-state index contributed by atoms with van der Waals surface area (Å²) < 4.78 is 1.39. The van der Waals surface area contributed by atoms with Gasteiger partial charge in [0.05, 0.1) is 33.5 Å². The largest absolute Gasteiger partial charge is 0.368 e. The van der Waals surface area contributed by atoms with Crippen LogP contribution in [0.2, 0.25) is 10.0 Å². The van der Waals surface area contributed by atoms with E-state index in [1.807, 2.05) is 6.07 Å². The summed E-state index contributed by atoms with van der Waals surface area (Å²) in [6, 6.07) is 18.6. The minimum atomic E-state index is -0.699. The molecule has 0 fully saturated rings. The number of primary amides is 1. The lowest BCUT2D eigenvalue weighted by atomic mass is 10.1. The van der Waals surface area contributed by atoms with Gasteiger partial charge in [-0.1, -0.05) is 47.5 Å². The zero-order valence-corrected chi connectivity index (χ0v) is 19.5. The Hall–Kier alpha value is -4.21. The lowest BCUT2D eigenvalue weighted by molar-refractivity contribution is -0.117. The Morgan fingerprint density at radius 2 is 1.66 bits per heavy atom. The van der Waals surface area contributed by atoms with Crippen molar-refractivity contribution in [2.45, 2.75) is 0 Å². The molecule has 0 unspecified atom stereocenters. The van der Waals surface area contributed by atoms with Gasteiger partial charge in [-0.3, -0.25) is 19.4 Å². The van der Waals surface area contributed by atoms with E-state index in [1.54, 1.807) is 54.7 Å². The van der Waals surface area contributed by atoms with E-state index in [4.69, 9.17) is 28.9 Å². The van der Waals surface area contributed by atoms with E-state index in [0.717, 1.165) is 0 Å². The molecule has 176 valence electrons. The first-order chi connectivity index (χ1) is 16.8. The maximum Gasteiger partial charge on any atom is 0.272 e. The van der Waals surface area contributed by atoms with Gasteiger partial charge in [0.15, 0.2) is 5.69 Å². The van der Waals surface area contributed by atoms with Crippen molar-refractivity contribution in [2.75, 3.05) is 11.9 Å². The van der Waals surface area contributed by atoms with Crippen LogP contribution in [0.4, 0.5) is 5.82 Å². The molecule has 0 bridgehead atoms. The zero-order chi connectivity index (χ0) is 24.9. The van der Waals surface area contributed by atoms with E-state index in [2.05, 4.69) is 20.7 Å². The number of nitrogens with zero attached hydrogens (tertiary/aromatic N) is 3. The Kier molecular flexibility index (Phi) is 7.09. The summed E-state index contributed by atoms with van der Waals surface area (Å²) in [5, 5.41) is 9.88. The molecule has 0 aliphatic carbocycles. The lowest BCUT2D eigenvalue weighted by Crippen LogP contribution is -2.33. The molecule has 3 amide bonds. The SMILES string of the molecule is NC(=O)CNC(=O)c1cc(NC(=O)c2cc(-c3ccccn3)c(Cl)cc2Cl)n(-c2ccccc2)n1. The number of para-hydroxylation sites is 1. The standard InChI is InChI=1S/C24H18Cl2N6O3/c25-17-11-18(26)16(10-15(17)19-8-4-5-9-28-19)23(34)30-22-12-20(24(35)29-13-21(27)33)31-32(22)14-6-2-1-3-7-14/h1-12H,13H2,(H2,27,33)(H,29,35)(H,30,34). The number of pyridine rings is 1. The third kappa shape index (κ3) is 5.48. The first-order valence-electron chi connectivity index (χ1n) is 10.3. The topological polar surface area (TPSA) is 132 Å². The van der Waals surface area contributed by atoms with Crippen molar-refractivity contribution in [1.82, 2.24) is 20.1 Å². The van der Waals surface area contributed by atoms with Crippen LogP contribution in [0.15, 0.2) is 72.9 Å². The number of hydrogen-bond donors (Lipinski definition) is 3. The molecule has 0 aliphatic rings. The molecule has 9 nitrogen and oxygen atoms in total. The highest BCUT2D eigenvalue weighted by atomic mass is 35.5. The normalized spacial score (nSPS) is 10.6. The molecule has 4 N–H and O–H groups in total. The number of halogens is 2. The van der Waals surface area contributed by atoms with Crippen LogP contribution in [0.1, 0.15) is 20.8 Å². The number of rotatable bonds is 7. The third-order valence-corrected chi connectivity index (χ3v) is 5.48. The van der Waals surface area contributed by atoms with E-state index < -0.39 is 17.7 Å². The summed E-state index contributed by atoms with van der Waals surface area (Å²) in [5.41, 5.74) is 6.91. The van der Waals surface area contributed by atoms with Crippen LogP contribution < -0.4 is 16.4 Å². The molecule has 0 atom stereocenters. The maximum absolute atomic E-state index is 13.2. The Balaban J connectivity index is 1.70. The molecule has 4 aromatic rings.